The molecule has 0 radical (unpaired) electrons. The van der Waals surface area contributed by atoms with Gasteiger partial charge >= 0.3 is 0 Å². The van der Waals surface area contributed by atoms with Crippen molar-refractivity contribution >= 4 is 5.69 Å². The molecule has 3 nitrogen and oxygen atoms in total. The number of hydrogen-bond donors (Lipinski definition) is 1. The predicted octanol–water partition coefficient (Wildman–Crippen LogP) is 2.69. The maximum atomic E-state index is 9.00. The molecule has 3 heteroatoms. The zero-order valence-electron chi connectivity index (χ0n) is 11.9. The lowest BCUT2D eigenvalue weighted by molar-refractivity contribution is 0.374. The molecule has 1 aromatic carbocycles. The lowest BCUT2D eigenvalue weighted by atomic mass is 9.97. The van der Waals surface area contributed by atoms with Crippen molar-refractivity contribution in [1.82, 2.24) is 5.32 Å². The van der Waals surface area contributed by atoms with Crippen molar-refractivity contribution < 1.29 is 0 Å². The normalized spacial score (nSPS) is 16.1. The first-order chi connectivity index (χ1) is 9.24. The van der Waals surface area contributed by atoms with Gasteiger partial charge in [0.05, 0.1) is 11.6 Å². The average Bonchev–Trinajstić information content (AvgIpc) is 2.46. The van der Waals surface area contributed by atoms with Crippen molar-refractivity contribution in [3.8, 4) is 6.07 Å². The highest BCUT2D eigenvalue weighted by Crippen LogP contribution is 2.22. The smallest absolute Gasteiger partial charge is 0.0994 e. The Hall–Kier alpha value is -1.53. The third-order valence-corrected chi connectivity index (χ3v) is 4.01. The van der Waals surface area contributed by atoms with Crippen molar-refractivity contribution in [2.75, 3.05) is 31.1 Å². The van der Waals surface area contributed by atoms with Crippen molar-refractivity contribution in [1.29, 1.82) is 5.26 Å². The maximum absolute atomic E-state index is 9.00. The number of piperidine rings is 1. The summed E-state index contributed by atoms with van der Waals surface area (Å²) in [6, 6.07) is 8.40. The molecule has 102 valence electrons. The fraction of sp³-hybridized carbons (Fsp3) is 0.562. The van der Waals surface area contributed by atoms with Gasteiger partial charge in [-0.05, 0) is 69.5 Å². The molecule has 0 amide bonds. The van der Waals surface area contributed by atoms with E-state index < -0.39 is 0 Å². The number of nitriles is 1. The van der Waals surface area contributed by atoms with E-state index >= 15 is 0 Å². The van der Waals surface area contributed by atoms with E-state index in [4.69, 9.17) is 5.26 Å². The summed E-state index contributed by atoms with van der Waals surface area (Å²) in [5.41, 5.74) is 3.10. The topological polar surface area (TPSA) is 39.1 Å². The Balaban J connectivity index is 2.08. The summed E-state index contributed by atoms with van der Waals surface area (Å²) in [6.07, 6.45) is 2.54. The molecule has 1 fully saturated rings. The van der Waals surface area contributed by atoms with Gasteiger partial charge in [0.25, 0.3) is 0 Å². The van der Waals surface area contributed by atoms with Gasteiger partial charge in [0.15, 0.2) is 0 Å². The van der Waals surface area contributed by atoms with Crippen LogP contribution in [-0.4, -0.2) is 26.2 Å². The van der Waals surface area contributed by atoms with Gasteiger partial charge in [0, 0.05) is 18.8 Å². The number of nitrogens with one attached hydrogen (secondary N) is 1. The van der Waals surface area contributed by atoms with E-state index in [1.54, 1.807) is 0 Å². The molecule has 1 N–H and O–H groups in total. The van der Waals surface area contributed by atoms with Crippen LogP contribution in [0, 0.1) is 24.2 Å². The number of benzene rings is 1. The van der Waals surface area contributed by atoms with E-state index in [1.807, 2.05) is 13.0 Å². The Morgan fingerprint density at radius 1 is 1.37 bits per heavy atom. The Morgan fingerprint density at radius 3 is 2.68 bits per heavy atom. The third-order valence-electron chi connectivity index (χ3n) is 4.01. The second-order valence-corrected chi connectivity index (χ2v) is 5.34. The minimum Gasteiger partial charge on any atom is -0.372 e. The first-order valence-electron chi connectivity index (χ1n) is 7.21. The molecule has 0 unspecified atom stereocenters. The fourth-order valence-corrected chi connectivity index (χ4v) is 2.76. The van der Waals surface area contributed by atoms with E-state index in [-0.39, 0.29) is 0 Å². The molecule has 0 spiro atoms. The zero-order valence-corrected chi connectivity index (χ0v) is 11.9. The summed E-state index contributed by atoms with van der Waals surface area (Å²) >= 11 is 0. The van der Waals surface area contributed by atoms with Crippen molar-refractivity contribution in [2.24, 2.45) is 5.92 Å². The van der Waals surface area contributed by atoms with E-state index in [0.29, 0.717) is 0 Å². The van der Waals surface area contributed by atoms with Crippen LogP contribution in [0.1, 0.15) is 30.9 Å². The molecule has 19 heavy (non-hydrogen) atoms. The van der Waals surface area contributed by atoms with Gasteiger partial charge in [0.2, 0.25) is 0 Å². The zero-order chi connectivity index (χ0) is 13.7. The Kier molecular flexibility index (Phi) is 4.81. The maximum Gasteiger partial charge on any atom is 0.0994 e. The van der Waals surface area contributed by atoms with E-state index in [2.05, 4.69) is 35.3 Å². The predicted molar refractivity (Wildman–Crippen MR) is 79.4 cm³/mol. The van der Waals surface area contributed by atoms with Crippen molar-refractivity contribution in [2.45, 2.75) is 26.7 Å². The van der Waals surface area contributed by atoms with Crippen LogP contribution in [0.3, 0.4) is 0 Å². The Morgan fingerprint density at radius 2 is 2.11 bits per heavy atom. The van der Waals surface area contributed by atoms with Crippen molar-refractivity contribution in [3.63, 3.8) is 0 Å². The monoisotopic (exact) mass is 257 g/mol. The lowest BCUT2D eigenvalue weighted by Crippen LogP contribution is -2.36. The molecule has 1 heterocycles. The summed E-state index contributed by atoms with van der Waals surface area (Å²) in [5.74, 6) is 0.789. The molecule has 0 atom stereocenters. The number of hydrogen-bond acceptors (Lipinski definition) is 3. The largest absolute Gasteiger partial charge is 0.372 e. The minimum absolute atomic E-state index is 0.779. The second kappa shape index (κ2) is 6.58. The molecule has 2 rings (SSSR count). The first-order valence-corrected chi connectivity index (χ1v) is 7.21. The molecule has 1 aliphatic heterocycles. The van der Waals surface area contributed by atoms with Crippen LogP contribution in [0.25, 0.3) is 0 Å². The highest BCUT2D eigenvalue weighted by molar-refractivity contribution is 5.53. The van der Waals surface area contributed by atoms with Crippen LogP contribution in [0.4, 0.5) is 5.69 Å². The van der Waals surface area contributed by atoms with Gasteiger partial charge in [-0.2, -0.15) is 5.26 Å². The van der Waals surface area contributed by atoms with Crippen LogP contribution in [0.2, 0.25) is 0 Å². The molecule has 1 saturated heterocycles. The summed E-state index contributed by atoms with van der Waals surface area (Å²) < 4.78 is 0. The van der Waals surface area contributed by atoms with Crippen molar-refractivity contribution in [3.05, 3.63) is 29.3 Å². The van der Waals surface area contributed by atoms with Crippen LogP contribution in [0.5, 0.6) is 0 Å². The Labute approximate surface area is 116 Å². The van der Waals surface area contributed by atoms with Gasteiger partial charge in [-0.25, -0.2) is 0 Å². The van der Waals surface area contributed by atoms with E-state index in [1.165, 1.54) is 18.5 Å². The summed E-state index contributed by atoms with van der Waals surface area (Å²) in [6.45, 7) is 8.66. The van der Waals surface area contributed by atoms with Gasteiger partial charge in [-0.3, -0.25) is 0 Å². The van der Waals surface area contributed by atoms with Crippen LogP contribution in [0.15, 0.2) is 18.2 Å². The molecular weight excluding hydrogens is 234 g/mol. The van der Waals surface area contributed by atoms with Gasteiger partial charge < -0.3 is 10.2 Å². The summed E-state index contributed by atoms with van der Waals surface area (Å²) in [7, 11) is 0. The number of rotatable bonds is 4. The first kappa shape index (κ1) is 13.9. The lowest BCUT2D eigenvalue weighted by Gasteiger charge is -2.31. The molecular formula is C16H23N3. The highest BCUT2D eigenvalue weighted by Gasteiger charge is 2.16. The van der Waals surface area contributed by atoms with Gasteiger partial charge in [-0.1, -0.05) is 0 Å². The third kappa shape index (κ3) is 3.48. The molecule has 0 aromatic heterocycles. The van der Waals surface area contributed by atoms with Crippen LogP contribution in [-0.2, 0) is 0 Å². The molecule has 0 bridgehead atoms. The molecule has 0 aliphatic carbocycles. The fourth-order valence-electron chi connectivity index (χ4n) is 2.76. The highest BCUT2D eigenvalue weighted by atomic mass is 15.1. The number of nitrogens with zero attached hydrogens (tertiary/aromatic N) is 2. The number of aryl methyl sites for hydroxylation is 1. The minimum atomic E-state index is 0.779. The summed E-state index contributed by atoms with van der Waals surface area (Å²) in [4.78, 5) is 2.43. The standard InChI is InChI=1S/C16H23N3/c1-3-19(12-14-6-8-18-9-7-14)16-5-4-15(11-17)13(2)10-16/h4-5,10,14,18H,3,6-9,12H2,1-2H3. The van der Waals surface area contributed by atoms with E-state index in [9.17, 15) is 0 Å². The van der Waals surface area contributed by atoms with E-state index in [0.717, 1.165) is 43.2 Å². The van der Waals surface area contributed by atoms with Crippen LogP contribution >= 0.6 is 0 Å². The average molecular weight is 257 g/mol. The van der Waals surface area contributed by atoms with Gasteiger partial charge in [-0.15, -0.1) is 0 Å². The summed E-state index contributed by atoms with van der Waals surface area (Å²) in [5, 5.41) is 12.4. The quantitative estimate of drug-likeness (QED) is 0.901. The van der Waals surface area contributed by atoms with Crippen LogP contribution < -0.4 is 10.2 Å². The second-order valence-electron chi connectivity index (χ2n) is 5.34. The SMILES string of the molecule is CCN(CC1CCNCC1)c1ccc(C#N)c(C)c1. The number of anilines is 1. The Bertz CT molecular complexity index is 456. The molecule has 1 aromatic rings. The molecule has 0 saturated carbocycles. The van der Waals surface area contributed by atoms with Gasteiger partial charge in [0.1, 0.15) is 0 Å². The molecule has 1 aliphatic rings.